The lowest BCUT2D eigenvalue weighted by atomic mass is 10.3. The van der Waals surface area contributed by atoms with Crippen LogP contribution >= 0.6 is 11.6 Å². The second-order valence-electron chi connectivity index (χ2n) is 4.09. The molecule has 7 heteroatoms. The zero-order chi connectivity index (χ0) is 14.7. The van der Waals surface area contributed by atoms with Gasteiger partial charge in [0.15, 0.2) is 6.61 Å². The number of nitrogens with zero attached hydrogens (tertiary/aromatic N) is 2. The number of halogens is 1. The molecule has 0 unspecified atom stereocenters. The van der Waals surface area contributed by atoms with Gasteiger partial charge in [-0.1, -0.05) is 11.6 Å². The maximum absolute atomic E-state index is 11.9. The van der Waals surface area contributed by atoms with Crippen LogP contribution in [0.15, 0.2) is 36.5 Å². The van der Waals surface area contributed by atoms with E-state index in [0.717, 1.165) is 0 Å². The van der Waals surface area contributed by atoms with Gasteiger partial charge in [-0.15, -0.1) is 0 Å². The Morgan fingerprint density at radius 2 is 2.20 bits per heavy atom. The molecule has 0 radical (unpaired) electrons. The SMILES string of the molecule is Cn1cccc1C(=O)COc1ccc([N+](=O)[O-])cc1Cl. The molecule has 1 heterocycles. The summed E-state index contributed by atoms with van der Waals surface area (Å²) >= 11 is 5.87. The monoisotopic (exact) mass is 294 g/mol. The third kappa shape index (κ3) is 2.97. The molecule has 2 aromatic rings. The molecule has 0 atom stereocenters. The summed E-state index contributed by atoms with van der Waals surface area (Å²) in [5, 5.41) is 10.7. The molecule has 0 N–H and O–H groups in total. The number of hydrogen-bond donors (Lipinski definition) is 0. The highest BCUT2D eigenvalue weighted by molar-refractivity contribution is 6.32. The number of non-ortho nitro benzene ring substituents is 1. The van der Waals surface area contributed by atoms with Crippen LogP contribution < -0.4 is 4.74 Å². The highest BCUT2D eigenvalue weighted by atomic mass is 35.5. The largest absolute Gasteiger partial charge is 0.484 e. The first kappa shape index (κ1) is 14.1. The zero-order valence-corrected chi connectivity index (χ0v) is 11.3. The van der Waals surface area contributed by atoms with Crippen LogP contribution in [0.4, 0.5) is 5.69 Å². The normalized spacial score (nSPS) is 10.3. The van der Waals surface area contributed by atoms with Crippen molar-refractivity contribution in [3.8, 4) is 5.75 Å². The number of rotatable bonds is 5. The van der Waals surface area contributed by atoms with Crippen molar-refractivity contribution in [2.75, 3.05) is 6.61 Å². The molecule has 0 bridgehead atoms. The molecular weight excluding hydrogens is 284 g/mol. The van der Waals surface area contributed by atoms with Gasteiger partial charge in [-0.2, -0.15) is 0 Å². The minimum absolute atomic E-state index is 0.0962. The van der Waals surface area contributed by atoms with Crippen LogP contribution in [0.1, 0.15) is 10.5 Å². The lowest BCUT2D eigenvalue weighted by Crippen LogP contribution is -2.14. The molecular formula is C13H11ClN2O4. The predicted octanol–water partition coefficient (Wildman–Crippen LogP) is 2.85. The standard InChI is InChI=1S/C13H11ClN2O4/c1-15-6-2-3-11(15)12(17)8-20-13-5-4-9(16(18)19)7-10(13)14/h2-7H,8H2,1H3. The maximum Gasteiger partial charge on any atom is 0.271 e. The van der Waals surface area contributed by atoms with Gasteiger partial charge in [0.05, 0.1) is 15.6 Å². The van der Waals surface area contributed by atoms with Crippen LogP contribution in [-0.4, -0.2) is 21.9 Å². The Morgan fingerprint density at radius 3 is 2.75 bits per heavy atom. The fourth-order valence-electron chi connectivity index (χ4n) is 1.69. The summed E-state index contributed by atoms with van der Waals surface area (Å²) in [7, 11) is 1.76. The molecule has 0 aliphatic heterocycles. The first-order chi connectivity index (χ1) is 9.49. The van der Waals surface area contributed by atoms with Gasteiger partial charge in [0, 0.05) is 25.4 Å². The maximum atomic E-state index is 11.9. The number of nitro benzene ring substituents is 1. The summed E-state index contributed by atoms with van der Waals surface area (Å²) < 4.78 is 6.98. The first-order valence-electron chi connectivity index (χ1n) is 5.70. The molecule has 0 saturated heterocycles. The average molecular weight is 295 g/mol. The van der Waals surface area contributed by atoms with E-state index < -0.39 is 4.92 Å². The first-order valence-corrected chi connectivity index (χ1v) is 6.08. The highest BCUT2D eigenvalue weighted by Gasteiger charge is 2.13. The van der Waals surface area contributed by atoms with Crippen molar-refractivity contribution < 1.29 is 14.5 Å². The molecule has 6 nitrogen and oxygen atoms in total. The van der Waals surface area contributed by atoms with Crippen LogP contribution in [0.25, 0.3) is 0 Å². The van der Waals surface area contributed by atoms with Crippen LogP contribution in [0.5, 0.6) is 5.75 Å². The van der Waals surface area contributed by atoms with E-state index in [-0.39, 0.29) is 28.8 Å². The Labute approximate surface area is 119 Å². The van der Waals surface area contributed by atoms with Gasteiger partial charge < -0.3 is 9.30 Å². The number of carbonyl (C=O) groups is 1. The van der Waals surface area contributed by atoms with Gasteiger partial charge in [-0.3, -0.25) is 14.9 Å². The summed E-state index contributed by atoms with van der Waals surface area (Å²) in [6.07, 6.45) is 1.76. The Kier molecular flexibility index (Phi) is 4.05. The summed E-state index contributed by atoms with van der Waals surface area (Å²) in [6, 6.07) is 7.27. The fraction of sp³-hybridized carbons (Fsp3) is 0.154. The second-order valence-corrected chi connectivity index (χ2v) is 4.50. The smallest absolute Gasteiger partial charge is 0.271 e. The summed E-state index contributed by atoms with van der Waals surface area (Å²) in [5.41, 5.74) is 0.388. The van der Waals surface area contributed by atoms with Crippen molar-refractivity contribution in [1.29, 1.82) is 0 Å². The van der Waals surface area contributed by atoms with Gasteiger partial charge >= 0.3 is 0 Å². The van der Waals surface area contributed by atoms with Crippen molar-refractivity contribution in [3.05, 3.63) is 57.4 Å². The van der Waals surface area contributed by atoms with Crippen molar-refractivity contribution >= 4 is 23.1 Å². The molecule has 0 saturated carbocycles. The predicted molar refractivity (Wildman–Crippen MR) is 73.3 cm³/mol. The van der Waals surface area contributed by atoms with Crippen molar-refractivity contribution in [2.45, 2.75) is 0 Å². The minimum atomic E-state index is -0.551. The third-order valence-electron chi connectivity index (χ3n) is 2.71. The number of aromatic nitrogens is 1. The Balaban J connectivity index is 2.06. The molecule has 1 aromatic carbocycles. The minimum Gasteiger partial charge on any atom is -0.484 e. The van der Waals surface area contributed by atoms with Gasteiger partial charge in [0.2, 0.25) is 5.78 Å². The van der Waals surface area contributed by atoms with E-state index in [9.17, 15) is 14.9 Å². The molecule has 20 heavy (non-hydrogen) atoms. The Bertz CT molecular complexity index is 666. The molecule has 0 amide bonds. The number of ether oxygens (including phenoxy) is 1. The van der Waals surface area contributed by atoms with Crippen molar-refractivity contribution in [2.24, 2.45) is 7.05 Å². The topological polar surface area (TPSA) is 74.4 Å². The third-order valence-corrected chi connectivity index (χ3v) is 3.01. The molecule has 2 rings (SSSR count). The zero-order valence-electron chi connectivity index (χ0n) is 10.6. The number of carbonyl (C=O) groups excluding carboxylic acids is 1. The van der Waals surface area contributed by atoms with E-state index in [1.165, 1.54) is 18.2 Å². The highest BCUT2D eigenvalue weighted by Crippen LogP contribution is 2.28. The molecule has 1 aromatic heterocycles. The van der Waals surface area contributed by atoms with E-state index in [2.05, 4.69) is 0 Å². The number of hydrogen-bond acceptors (Lipinski definition) is 4. The quantitative estimate of drug-likeness (QED) is 0.483. The Morgan fingerprint density at radius 1 is 1.45 bits per heavy atom. The summed E-state index contributed by atoms with van der Waals surface area (Å²) in [5.74, 6) is 0.0340. The van der Waals surface area contributed by atoms with Crippen molar-refractivity contribution in [3.63, 3.8) is 0 Å². The molecule has 0 aliphatic rings. The van der Waals surface area contributed by atoms with E-state index >= 15 is 0 Å². The van der Waals surface area contributed by atoms with E-state index in [4.69, 9.17) is 16.3 Å². The van der Waals surface area contributed by atoms with Gasteiger partial charge in [0.25, 0.3) is 5.69 Å². The van der Waals surface area contributed by atoms with Gasteiger partial charge in [-0.25, -0.2) is 0 Å². The van der Waals surface area contributed by atoms with Crippen LogP contribution in [0.2, 0.25) is 5.02 Å². The van der Waals surface area contributed by atoms with Crippen LogP contribution in [0, 0.1) is 10.1 Å². The van der Waals surface area contributed by atoms with E-state index in [0.29, 0.717) is 5.69 Å². The molecule has 0 spiro atoms. The molecule has 0 fully saturated rings. The van der Waals surface area contributed by atoms with Crippen LogP contribution in [-0.2, 0) is 7.05 Å². The summed E-state index contributed by atoms with van der Waals surface area (Å²) in [6.45, 7) is -0.185. The average Bonchev–Trinajstić information content (AvgIpc) is 2.83. The Hall–Kier alpha value is -2.34. The molecule has 0 aliphatic carbocycles. The molecule has 104 valence electrons. The number of aryl methyl sites for hydroxylation is 1. The number of nitro groups is 1. The fourth-order valence-corrected chi connectivity index (χ4v) is 1.92. The van der Waals surface area contributed by atoms with E-state index in [1.54, 1.807) is 29.9 Å². The summed E-state index contributed by atoms with van der Waals surface area (Å²) in [4.78, 5) is 21.9. The number of ketones is 1. The van der Waals surface area contributed by atoms with Gasteiger partial charge in [-0.05, 0) is 18.2 Å². The van der Waals surface area contributed by atoms with Crippen molar-refractivity contribution in [1.82, 2.24) is 4.57 Å². The number of benzene rings is 1. The lowest BCUT2D eigenvalue weighted by Gasteiger charge is -2.07. The van der Waals surface area contributed by atoms with E-state index in [1.807, 2.05) is 0 Å². The second kappa shape index (κ2) is 5.75. The number of Topliss-reactive ketones (excluding diaryl/α,β-unsaturated/α-hetero) is 1. The van der Waals surface area contributed by atoms with Crippen LogP contribution in [0.3, 0.4) is 0 Å². The van der Waals surface area contributed by atoms with Gasteiger partial charge in [0.1, 0.15) is 5.75 Å². The lowest BCUT2D eigenvalue weighted by molar-refractivity contribution is -0.384.